The predicted molar refractivity (Wildman–Crippen MR) is 195 cm³/mol. The molecule has 11 nitrogen and oxygen atoms in total. The van der Waals surface area contributed by atoms with Crippen molar-refractivity contribution in [2.75, 3.05) is 20.2 Å². The Morgan fingerprint density at radius 1 is 0.880 bits per heavy atom. The van der Waals surface area contributed by atoms with Gasteiger partial charge in [-0.15, -0.1) is 0 Å². The Morgan fingerprint density at radius 3 is 2.28 bits per heavy atom. The third-order valence-corrected chi connectivity index (χ3v) is 10.1. The average Bonchev–Trinajstić information content (AvgIpc) is 3.83. The summed E-state index contributed by atoms with van der Waals surface area (Å²) in [6.45, 7) is 2.52. The summed E-state index contributed by atoms with van der Waals surface area (Å²) in [6.07, 6.45) is 4.58. The molecule has 0 saturated carbocycles. The first kappa shape index (κ1) is 33.9. The summed E-state index contributed by atoms with van der Waals surface area (Å²) in [5, 5.41) is 19.6. The maximum absolute atomic E-state index is 11.5. The van der Waals surface area contributed by atoms with E-state index in [4.69, 9.17) is 38.0 Å². The molecule has 0 spiro atoms. The molecule has 2 aromatic carbocycles. The molecule has 5 aromatic rings. The lowest BCUT2D eigenvalue weighted by atomic mass is 9.99. The number of carbonyl (C=O) groups is 2. The van der Waals surface area contributed by atoms with Gasteiger partial charge in [0.2, 0.25) is 17.7 Å². The fourth-order valence-corrected chi connectivity index (χ4v) is 7.39. The van der Waals surface area contributed by atoms with Gasteiger partial charge in [-0.25, -0.2) is 4.98 Å². The summed E-state index contributed by atoms with van der Waals surface area (Å²) in [6, 6.07) is 18.0. The fourth-order valence-electron chi connectivity index (χ4n) is 6.74. The Kier molecular flexibility index (Phi) is 10.0. The SMILES string of the molecule is COc1nc(-c2cccc(-c3ccnc(-c4ccc5c(CNC[C@@H]6CCC(=O)N6)nn(C)c5c4)c3Cl)c2Cl)ccc1CNC[C@@H]1CCC(=O)N1. The van der Waals surface area contributed by atoms with E-state index in [-0.39, 0.29) is 23.9 Å². The van der Waals surface area contributed by atoms with Crippen LogP contribution in [0.2, 0.25) is 10.0 Å². The van der Waals surface area contributed by atoms with Gasteiger partial charge in [0, 0.05) is 97.6 Å². The van der Waals surface area contributed by atoms with Crippen LogP contribution in [0.25, 0.3) is 44.5 Å². The largest absolute Gasteiger partial charge is 0.481 e. The average molecular weight is 714 g/mol. The first-order valence-corrected chi connectivity index (χ1v) is 17.5. The van der Waals surface area contributed by atoms with E-state index in [1.165, 1.54) is 0 Å². The van der Waals surface area contributed by atoms with Crippen LogP contribution in [-0.2, 0) is 29.7 Å². The van der Waals surface area contributed by atoms with Gasteiger partial charge in [-0.05, 0) is 31.0 Å². The van der Waals surface area contributed by atoms with Crippen molar-refractivity contribution < 1.29 is 14.3 Å². The van der Waals surface area contributed by atoms with E-state index in [9.17, 15) is 9.59 Å². The molecule has 3 aromatic heterocycles. The molecule has 2 amide bonds. The number of nitrogens with one attached hydrogen (secondary N) is 4. The highest BCUT2D eigenvalue weighted by Crippen LogP contribution is 2.42. The molecule has 2 aliphatic rings. The number of rotatable bonds is 12. The third kappa shape index (κ3) is 7.04. The number of hydrogen-bond donors (Lipinski definition) is 4. The number of aryl methyl sites for hydroxylation is 1. The van der Waals surface area contributed by atoms with E-state index in [0.29, 0.717) is 66.3 Å². The van der Waals surface area contributed by atoms with Gasteiger partial charge in [0.25, 0.3) is 0 Å². The van der Waals surface area contributed by atoms with E-state index in [0.717, 1.165) is 57.3 Å². The van der Waals surface area contributed by atoms with E-state index in [1.54, 1.807) is 13.3 Å². The molecule has 50 heavy (non-hydrogen) atoms. The minimum Gasteiger partial charge on any atom is -0.481 e. The zero-order valence-electron chi connectivity index (χ0n) is 27.9. The van der Waals surface area contributed by atoms with Crippen LogP contribution >= 0.6 is 23.2 Å². The van der Waals surface area contributed by atoms with E-state index >= 15 is 0 Å². The molecule has 2 saturated heterocycles. The first-order chi connectivity index (χ1) is 24.3. The van der Waals surface area contributed by atoms with Crippen LogP contribution in [0.4, 0.5) is 0 Å². The van der Waals surface area contributed by atoms with Crippen molar-refractivity contribution in [3.05, 3.63) is 82.1 Å². The number of benzene rings is 2. The zero-order chi connectivity index (χ0) is 34.8. The molecule has 4 N–H and O–H groups in total. The maximum atomic E-state index is 11.5. The van der Waals surface area contributed by atoms with Crippen LogP contribution in [0.15, 0.2) is 60.8 Å². The molecule has 0 unspecified atom stereocenters. The monoisotopic (exact) mass is 712 g/mol. The summed E-state index contributed by atoms with van der Waals surface area (Å²) in [7, 11) is 3.52. The summed E-state index contributed by atoms with van der Waals surface area (Å²) in [5.41, 5.74) is 7.23. The number of ether oxygens (including phenoxy) is 1. The predicted octanol–water partition coefficient (Wildman–Crippen LogP) is 5.42. The third-order valence-electron chi connectivity index (χ3n) is 9.35. The molecule has 2 fully saturated rings. The van der Waals surface area contributed by atoms with E-state index < -0.39 is 0 Å². The fraction of sp³-hybridized carbons (Fsp3) is 0.324. The van der Waals surface area contributed by atoms with Crippen molar-refractivity contribution in [3.63, 3.8) is 0 Å². The quantitative estimate of drug-likeness (QED) is 0.135. The van der Waals surface area contributed by atoms with Gasteiger partial charge in [-0.2, -0.15) is 5.10 Å². The number of carbonyl (C=O) groups excluding carboxylic acids is 2. The Balaban J connectivity index is 1.11. The smallest absolute Gasteiger partial charge is 0.220 e. The van der Waals surface area contributed by atoms with Gasteiger partial charge >= 0.3 is 0 Å². The number of halogens is 2. The van der Waals surface area contributed by atoms with Crippen molar-refractivity contribution in [2.45, 2.75) is 50.9 Å². The second-order valence-corrected chi connectivity index (χ2v) is 13.5. The lowest BCUT2D eigenvalue weighted by molar-refractivity contribution is -0.120. The topological polar surface area (TPSA) is 135 Å². The van der Waals surface area contributed by atoms with Gasteiger partial charge in [0.1, 0.15) is 0 Å². The summed E-state index contributed by atoms with van der Waals surface area (Å²) in [5.74, 6) is 0.713. The van der Waals surface area contributed by atoms with Gasteiger partial charge in [0.05, 0.1) is 39.8 Å². The van der Waals surface area contributed by atoms with Crippen LogP contribution in [0.3, 0.4) is 0 Å². The van der Waals surface area contributed by atoms with Crippen LogP contribution in [-0.4, -0.2) is 63.8 Å². The van der Waals surface area contributed by atoms with Gasteiger partial charge in [-0.3, -0.25) is 19.3 Å². The van der Waals surface area contributed by atoms with Crippen LogP contribution in [0.5, 0.6) is 5.88 Å². The number of methoxy groups -OCH3 is 1. The van der Waals surface area contributed by atoms with Crippen molar-refractivity contribution in [2.24, 2.45) is 7.05 Å². The molecule has 2 atom stereocenters. The number of aromatic nitrogens is 4. The number of pyridine rings is 2. The molecular weight excluding hydrogens is 675 g/mol. The van der Waals surface area contributed by atoms with E-state index in [2.05, 4.69) is 38.4 Å². The number of nitrogens with zero attached hydrogens (tertiary/aromatic N) is 4. The number of fused-ring (bicyclic) bond motifs is 1. The molecule has 0 bridgehead atoms. The van der Waals surface area contributed by atoms with Gasteiger partial charge in [0.15, 0.2) is 0 Å². The molecule has 0 aliphatic carbocycles. The molecule has 13 heteroatoms. The van der Waals surface area contributed by atoms with Crippen LogP contribution < -0.4 is 26.0 Å². The number of amides is 2. The first-order valence-electron chi connectivity index (χ1n) is 16.7. The molecule has 258 valence electrons. The lowest BCUT2D eigenvalue weighted by Gasteiger charge is -2.15. The maximum Gasteiger partial charge on any atom is 0.220 e. The summed E-state index contributed by atoms with van der Waals surface area (Å²) in [4.78, 5) is 32.5. The molecule has 2 aliphatic heterocycles. The van der Waals surface area contributed by atoms with Crippen molar-refractivity contribution in [1.29, 1.82) is 0 Å². The highest BCUT2D eigenvalue weighted by atomic mass is 35.5. The zero-order valence-corrected chi connectivity index (χ0v) is 29.4. The molecule has 0 radical (unpaired) electrons. The van der Waals surface area contributed by atoms with Crippen LogP contribution in [0, 0.1) is 0 Å². The van der Waals surface area contributed by atoms with E-state index in [1.807, 2.05) is 54.2 Å². The molecule has 5 heterocycles. The normalized spacial score (nSPS) is 17.4. The summed E-state index contributed by atoms with van der Waals surface area (Å²) >= 11 is 14.2. The minimum absolute atomic E-state index is 0.0992. The second-order valence-electron chi connectivity index (χ2n) is 12.7. The highest BCUT2D eigenvalue weighted by molar-refractivity contribution is 6.39. The van der Waals surface area contributed by atoms with Crippen molar-refractivity contribution >= 4 is 45.9 Å². The Bertz CT molecular complexity index is 2080. The minimum atomic E-state index is 0.0992. The highest BCUT2D eigenvalue weighted by Gasteiger charge is 2.22. The van der Waals surface area contributed by atoms with Gasteiger partial charge in [-0.1, -0.05) is 59.6 Å². The second kappa shape index (κ2) is 14.7. The number of hydrogen-bond acceptors (Lipinski definition) is 8. The molecule has 7 rings (SSSR count). The van der Waals surface area contributed by atoms with Crippen molar-refractivity contribution in [1.82, 2.24) is 41.0 Å². The lowest BCUT2D eigenvalue weighted by Crippen LogP contribution is -2.35. The standard InChI is InChI=1S/C37H38Cl2N8O3/c1-47-31-16-21(6-10-27(31)30(46-47)20-41-19-24-9-13-33(49)44-24)36-35(39)26(14-15-42-36)25-4-3-5-28(34(25)38)29-11-7-22(37(45-29)50-2)17-40-18-23-8-12-32(48)43-23/h3-7,10-11,14-16,23-24,40-41H,8-9,12-13,17-20H2,1-2H3,(H,43,48)(H,44,49)/t23-,24-/m0/s1. The Hall–Kier alpha value is -4.55. The molecular formula is C37H38Cl2N8O3. The van der Waals surface area contributed by atoms with Gasteiger partial charge < -0.3 is 26.0 Å². The summed E-state index contributed by atoms with van der Waals surface area (Å²) < 4.78 is 7.52. The van der Waals surface area contributed by atoms with Crippen LogP contribution in [0.1, 0.15) is 36.9 Å². The van der Waals surface area contributed by atoms with Crippen molar-refractivity contribution in [3.8, 4) is 39.5 Å². The Morgan fingerprint density at radius 2 is 1.58 bits per heavy atom. The Labute approximate surface area is 300 Å².